The van der Waals surface area contributed by atoms with Crippen molar-refractivity contribution in [1.82, 2.24) is 24.9 Å². The molecule has 1 fully saturated rings. The summed E-state index contributed by atoms with van der Waals surface area (Å²) in [4.78, 5) is 20.0. The van der Waals surface area contributed by atoms with Gasteiger partial charge >= 0.3 is 0 Å². The minimum Gasteiger partial charge on any atom is -0.357 e. The molecule has 1 saturated heterocycles. The monoisotopic (exact) mass is 306 g/mol. The zero-order valence-corrected chi connectivity index (χ0v) is 13.9. The maximum Gasteiger partial charge on any atom is 0.243 e. The molecule has 1 aliphatic heterocycles. The molecule has 1 amide bonds. The Balaban J connectivity index is 2.00. The van der Waals surface area contributed by atoms with Gasteiger partial charge in [-0.05, 0) is 18.9 Å². The molecule has 1 aromatic rings. The van der Waals surface area contributed by atoms with Gasteiger partial charge in [0.05, 0.1) is 6.20 Å². The van der Waals surface area contributed by atoms with Crippen molar-refractivity contribution in [3.05, 3.63) is 18.0 Å². The van der Waals surface area contributed by atoms with Crippen molar-refractivity contribution in [3.63, 3.8) is 0 Å². The third-order valence-corrected chi connectivity index (χ3v) is 3.88. The first-order valence-corrected chi connectivity index (χ1v) is 7.73. The van der Waals surface area contributed by atoms with E-state index in [9.17, 15) is 4.79 Å². The Hall–Kier alpha value is -2.05. The highest BCUT2D eigenvalue weighted by atomic mass is 16.2. The molecule has 0 radical (unpaired) electrons. The number of guanidine groups is 1. The lowest BCUT2D eigenvalue weighted by molar-refractivity contribution is -0.127. The van der Waals surface area contributed by atoms with Crippen LogP contribution in [0.3, 0.4) is 0 Å². The summed E-state index contributed by atoms with van der Waals surface area (Å²) < 4.78 is 1.84. The number of nitrogens with zero attached hydrogens (tertiary/aromatic N) is 5. The topological polar surface area (TPSA) is 65.8 Å². The molecule has 0 bridgehead atoms. The van der Waals surface area contributed by atoms with Crippen molar-refractivity contribution >= 4 is 11.9 Å². The highest BCUT2D eigenvalue weighted by Gasteiger charge is 2.27. The molecule has 22 heavy (non-hydrogen) atoms. The summed E-state index contributed by atoms with van der Waals surface area (Å²) in [5.74, 6) is 1.31. The first-order chi connectivity index (χ1) is 10.5. The Bertz CT molecular complexity index is 536. The third-order valence-electron chi connectivity index (χ3n) is 3.88. The second-order valence-corrected chi connectivity index (χ2v) is 5.84. The SMILES string of the molecule is CCNC(=NCC(=O)N(C)C)N1CCC(c2cnn(C)c2)C1. The quantitative estimate of drug-likeness (QED) is 0.640. The standard InChI is InChI=1S/C15H26N6O/c1-5-16-15(17-9-14(22)19(2)3)21-7-6-12(11-21)13-8-18-20(4)10-13/h8,10,12H,5-7,9,11H2,1-4H3,(H,16,17). The summed E-state index contributed by atoms with van der Waals surface area (Å²) >= 11 is 0. The van der Waals surface area contributed by atoms with Gasteiger partial charge in [-0.25, -0.2) is 4.99 Å². The number of aromatic nitrogens is 2. The molecule has 0 spiro atoms. The summed E-state index contributed by atoms with van der Waals surface area (Å²) in [6.45, 7) is 4.87. The largest absolute Gasteiger partial charge is 0.357 e. The maximum absolute atomic E-state index is 11.7. The minimum atomic E-state index is 0.0124. The minimum absolute atomic E-state index is 0.0124. The van der Waals surface area contributed by atoms with Gasteiger partial charge in [0.1, 0.15) is 6.54 Å². The zero-order valence-electron chi connectivity index (χ0n) is 13.9. The van der Waals surface area contributed by atoms with Crippen molar-refractivity contribution < 1.29 is 4.79 Å². The predicted molar refractivity (Wildman–Crippen MR) is 86.8 cm³/mol. The van der Waals surface area contributed by atoms with E-state index in [4.69, 9.17) is 0 Å². The molecule has 7 heteroatoms. The van der Waals surface area contributed by atoms with Crippen LogP contribution in [0, 0.1) is 0 Å². The lowest BCUT2D eigenvalue weighted by Gasteiger charge is -2.21. The van der Waals surface area contributed by atoms with E-state index in [1.165, 1.54) is 5.56 Å². The summed E-state index contributed by atoms with van der Waals surface area (Å²) in [5, 5.41) is 7.53. The molecule has 2 rings (SSSR count). The smallest absolute Gasteiger partial charge is 0.243 e. The Kier molecular flexibility index (Phi) is 5.41. The molecule has 1 aromatic heterocycles. The van der Waals surface area contributed by atoms with Crippen LogP contribution >= 0.6 is 0 Å². The van der Waals surface area contributed by atoms with Crippen molar-refractivity contribution in [1.29, 1.82) is 0 Å². The molecule has 2 heterocycles. The fourth-order valence-corrected chi connectivity index (χ4v) is 2.59. The number of carbonyl (C=O) groups is 1. The van der Waals surface area contributed by atoms with Gasteiger partial charge in [-0.3, -0.25) is 9.48 Å². The lowest BCUT2D eigenvalue weighted by atomic mass is 10.0. The first kappa shape index (κ1) is 16.3. The molecule has 1 aliphatic rings. The number of likely N-dealkylation sites (N-methyl/N-ethyl adjacent to an activating group) is 1. The molecule has 1 atom stereocenters. The van der Waals surface area contributed by atoms with Gasteiger partial charge in [0.2, 0.25) is 5.91 Å². The van der Waals surface area contributed by atoms with E-state index in [0.717, 1.165) is 32.0 Å². The van der Waals surface area contributed by atoms with Crippen LogP contribution in [0.1, 0.15) is 24.8 Å². The maximum atomic E-state index is 11.7. The molecule has 1 unspecified atom stereocenters. The highest BCUT2D eigenvalue weighted by molar-refractivity contribution is 5.85. The number of likely N-dealkylation sites (tertiary alicyclic amines) is 1. The molecule has 7 nitrogen and oxygen atoms in total. The van der Waals surface area contributed by atoms with Crippen LogP contribution in [0.4, 0.5) is 0 Å². The molecule has 0 aromatic carbocycles. The highest BCUT2D eigenvalue weighted by Crippen LogP contribution is 2.26. The van der Waals surface area contributed by atoms with Crippen LogP contribution in [0.2, 0.25) is 0 Å². The molecule has 0 aliphatic carbocycles. The van der Waals surface area contributed by atoms with E-state index in [1.54, 1.807) is 19.0 Å². The summed E-state index contributed by atoms with van der Waals surface area (Å²) in [6.07, 6.45) is 5.10. The van der Waals surface area contributed by atoms with Gasteiger partial charge < -0.3 is 15.1 Å². The van der Waals surface area contributed by atoms with E-state index in [1.807, 2.05) is 24.9 Å². The number of aliphatic imine (C=N–C) groups is 1. The number of rotatable bonds is 4. The lowest BCUT2D eigenvalue weighted by Crippen LogP contribution is -2.40. The van der Waals surface area contributed by atoms with Gasteiger partial charge in [0.25, 0.3) is 0 Å². The Labute approximate surface area is 132 Å². The van der Waals surface area contributed by atoms with Gasteiger partial charge in [0, 0.05) is 52.9 Å². The number of aryl methyl sites for hydroxylation is 1. The second kappa shape index (κ2) is 7.29. The number of hydrogen-bond donors (Lipinski definition) is 1. The molecular weight excluding hydrogens is 280 g/mol. The number of carbonyl (C=O) groups excluding carboxylic acids is 1. The zero-order chi connectivity index (χ0) is 16.1. The van der Waals surface area contributed by atoms with Crippen LogP contribution < -0.4 is 5.32 Å². The summed E-state index contributed by atoms with van der Waals surface area (Å²) in [6, 6.07) is 0. The fourth-order valence-electron chi connectivity index (χ4n) is 2.59. The first-order valence-electron chi connectivity index (χ1n) is 7.73. The number of hydrogen-bond acceptors (Lipinski definition) is 3. The van der Waals surface area contributed by atoms with Gasteiger partial charge in [-0.1, -0.05) is 0 Å². The van der Waals surface area contributed by atoms with E-state index in [2.05, 4.69) is 26.5 Å². The normalized spacial score (nSPS) is 18.6. The van der Waals surface area contributed by atoms with Gasteiger partial charge in [-0.2, -0.15) is 5.10 Å². The van der Waals surface area contributed by atoms with E-state index in [0.29, 0.717) is 5.92 Å². The van der Waals surface area contributed by atoms with Crippen molar-refractivity contribution in [2.75, 3.05) is 40.3 Å². The molecular formula is C15H26N6O. The van der Waals surface area contributed by atoms with Crippen molar-refractivity contribution in [2.24, 2.45) is 12.0 Å². The van der Waals surface area contributed by atoms with Crippen molar-refractivity contribution in [2.45, 2.75) is 19.3 Å². The second-order valence-electron chi connectivity index (χ2n) is 5.84. The van der Waals surface area contributed by atoms with Gasteiger partial charge in [0.15, 0.2) is 5.96 Å². The van der Waals surface area contributed by atoms with E-state index >= 15 is 0 Å². The predicted octanol–water partition coefficient (Wildman–Crippen LogP) is 0.263. The van der Waals surface area contributed by atoms with E-state index in [-0.39, 0.29) is 12.5 Å². The van der Waals surface area contributed by atoms with Crippen molar-refractivity contribution in [3.8, 4) is 0 Å². The van der Waals surface area contributed by atoms with Crippen LogP contribution in [0.5, 0.6) is 0 Å². The molecule has 122 valence electrons. The van der Waals surface area contributed by atoms with Crippen LogP contribution in [0.15, 0.2) is 17.4 Å². The Morgan fingerprint density at radius 1 is 1.55 bits per heavy atom. The summed E-state index contributed by atoms with van der Waals surface area (Å²) in [5.41, 5.74) is 1.27. The van der Waals surface area contributed by atoms with Crippen LogP contribution in [0.25, 0.3) is 0 Å². The molecule has 1 N–H and O–H groups in total. The number of amides is 1. The molecule has 0 saturated carbocycles. The van der Waals surface area contributed by atoms with Crippen LogP contribution in [-0.2, 0) is 11.8 Å². The number of nitrogens with one attached hydrogen (secondary N) is 1. The summed E-state index contributed by atoms with van der Waals surface area (Å²) in [7, 11) is 5.44. The Morgan fingerprint density at radius 3 is 2.91 bits per heavy atom. The average molecular weight is 306 g/mol. The van der Waals surface area contributed by atoms with Gasteiger partial charge in [-0.15, -0.1) is 0 Å². The third kappa shape index (κ3) is 3.99. The van der Waals surface area contributed by atoms with E-state index < -0.39 is 0 Å². The average Bonchev–Trinajstić information content (AvgIpc) is 3.11. The Morgan fingerprint density at radius 2 is 2.32 bits per heavy atom. The fraction of sp³-hybridized carbons (Fsp3) is 0.667. The van der Waals surface area contributed by atoms with Crippen LogP contribution in [-0.4, -0.2) is 71.7 Å².